The molecule has 0 fully saturated rings. The number of amides is 2. The van der Waals surface area contributed by atoms with Crippen molar-refractivity contribution in [1.82, 2.24) is 10.6 Å². The molecular weight excluding hydrogens is 244 g/mol. The molecular formula is C14H22N2O3. The van der Waals surface area contributed by atoms with Crippen LogP contribution >= 0.6 is 0 Å². The lowest BCUT2D eigenvalue weighted by molar-refractivity contribution is 0.226. The number of carbonyl (C=O) groups excluding carboxylic acids is 1. The average Bonchev–Trinajstić information content (AvgIpc) is 2.43. The number of urea groups is 1. The van der Waals surface area contributed by atoms with E-state index in [9.17, 15) is 4.79 Å². The van der Waals surface area contributed by atoms with Gasteiger partial charge in [-0.3, -0.25) is 0 Å². The SMILES string of the molecule is CCCNC(=O)N[C@@H](C)COc1ccc(OC)cc1. The molecule has 0 saturated carbocycles. The van der Waals surface area contributed by atoms with Gasteiger partial charge in [-0.1, -0.05) is 6.92 Å². The van der Waals surface area contributed by atoms with Gasteiger partial charge in [-0.25, -0.2) is 4.79 Å². The molecule has 0 aliphatic carbocycles. The van der Waals surface area contributed by atoms with Gasteiger partial charge in [-0.2, -0.15) is 0 Å². The maximum atomic E-state index is 11.4. The van der Waals surface area contributed by atoms with Crippen molar-refractivity contribution >= 4 is 6.03 Å². The standard InChI is InChI=1S/C14H22N2O3/c1-4-9-15-14(17)16-11(2)10-19-13-7-5-12(18-3)6-8-13/h5-8,11H,4,9-10H2,1-3H3,(H2,15,16,17)/t11-/m0/s1. The van der Waals surface area contributed by atoms with Crippen molar-refractivity contribution in [3.05, 3.63) is 24.3 Å². The van der Waals surface area contributed by atoms with Crippen LogP contribution in [-0.2, 0) is 0 Å². The lowest BCUT2D eigenvalue weighted by atomic mass is 10.3. The maximum Gasteiger partial charge on any atom is 0.315 e. The highest BCUT2D eigenvalue weighted by molar-refractivity contribution is 5.74. The van der Waals surface area contributed by atoms with Gasteiger partial charge in [0.05, 0.1) is 13.2 Å². The molecule has 19 heavy (non-hydrogen) atoms. The van der Waals surface area contributed by atoms with E-state index in [4.69, 9.17) is 9.47 Å². The normalized spacial score (nSPS) is 11.5. The van der Waals surface area contributed by atoms with Crippen molar-refractivity contribution in [2.24, 2.45) is 0 Å². The van der Waals surface area contributed by atoms with Gasteiger partial charge in [0.15, 0.2) is 0 Å². The van der Waals surface area contributed by atoms with E-state index < -0.39 is 0 Å². The topological polar surface area (TPSA) is 59.6 Å². The Balaban J connectivity index is 2.28. The largest absolute Gasteiger partial charge is 0.497 e. The fourth-order valence-corrected chi connectivity index (χ4v) is 1.45. The molecule has 2 amide bonds. The summed E-state index contributed by atoms with van der Waals surface area (Å²) in [7, 11) is 1.62. The second-order valence-corrected chi connectivity index (χ2v) is 4.29. The molecule has 5 nitrogen and oxygen atoms in total. The number of hydrogen-bond acceptors (Lipinski definition) is 3. The molecule has 2 N–H and O–H groups in total. The van der Waals surface area contributed by atoms with Crippen LogP contribution in [0.3, 0.4) is 0 Å². The molecule has 0 aromatic heterocycles. The van der Waals surface area contributed by atoms with Gasteiger partial charge in [0.25, 0.3) is 0 Å². The molecule has 0 unspecified atom stereocenters. The molecule has 0 saturated heterocycles. The van der Waals surface area contributed by atoms with Crippen LogP contribution in [0.2, 0.25) is 0 Å². The number of hydrogen-bond donors (Lipinski definition) is 2. The van der Waals surface area contributed by atoms with E-state index in [-0.39, 0.29) is 12.1 Å². The summed E-state index contributed by atoms with van der Waals surface area (Å²) in [5.41, 5.74) is 0. The minimum Gasteiger partial charge on any atom is -0.497 e. The molecule has 0 radical (unpaired) electrons. The van der Waals surface area contributed by atoms with Gasteiger partial charge in [-0.15, -0.1) is 0 Å². The van der Waals surface area contributed by atoms with Crippen molar-refractivity contribution in [2.45, 2.75) is 26.3 Å². The van der Waals surface area contributed by atoms with Gasteiger partial charge in [0.2, 0.25) is 0 Å². The minimum absolute atomic E-state index is 0.0565. The fraction of sp³-hybridized carbons (Fsp3) is 0.500. The number of carbonyl (C=O) groups is 1. The van der Waals surface area contributed by atoms with E-state index in [1.807, 2.05) is 38.1 Å². The predicted octanol–water partition coefficient (Wildman–Crippen LogP) is 2.17. The molecule has 106 valence electrons. The summed E-state index contributed by atoms with van der Waals surface area (Å²) in [6.07, 6.45) is 0.921. The molecule has 0 heterocycles. The number of ether oxygens (including phenoxy) is 2. The first kappa shape index (κ1) is 15.1. The van der Waals surface area contributed by atoms with Crippen LogP contribution in [0.25, 0.3) is 0 Å². The molecule has 0 bridgehead atoms. The van der Waals surface area contributed by atoms with Crippen molar-refractivity contribution in [3.8, 4) is 11.5 Å². The first-order chi connectivity index (χ1) is 9.15. The van der Waals surface area contributed by atoms with Crippen LogP contribution in [0.1, 0.15) is 20.3 Å². The number of methoxy groups -OCH3 is 1. The van der Waals surface area contributed by atoms with Crippen LogP contribution in [0.5, 0.6) is 11.5 Å². The number of nitrogens with one attached hydrogen (secondary N) is 2. The molecule has 1 atom stereocenters. The van der Waals surface area contributed by atoms with E-state index in [2.05, 4.69) is 10.6 Å². The zero-order valence-corrected chi connectivity index (χ0v) is 11.7. The Labute approximate surface area is 114 Å². The summed E-state index contributed by atoms with van der Waals surface area (Å²) in [6, 6.07) is 7.13. The quantitative estimate of drug-likeness (QED) is 0.795. The first-order valence-corrected chi connectivity index (χ1v) is 6.47. The van der Waals surface area contributed by atoms with Crippen LogP contribution in [0.4, 0.5) is 4.79 Å². The minimum atomic E-state index is -0.160. The molecule has 1 rings (SSSR count). The van der Waals surface area contributed by atoms with Crippen molar-refractivity contribution in [3.63, 3.8) is 0 Å². The van der Waals surface area contributed by atoms with E-state index in [0.29, 0.717) is 13.2 Å². The summed E-state index contributed by atoms with van der Waals surface area (Å²) in [4.78, 5) is 11.4. The van der Waals surface area contributed by atoms with E-state index in [1.165, 1.54) is 0 Å². The second-order valence-electron chi connectivity index (χ2n) is 4.29. The number of benzene rings is 1. The summed E-state index contributed by atoms with van der Waals surface area (Å²) < 4.78 is 10.6. The Hall–Kier alpha value is -1.91. The Morgan fingerprint density at radius 2 is 1.89 bits per heavy atom. The first-order valence-electron chi connectivity index (χ1n) is 6.47. The highest BCUT2D eigenvalue weighted by atomic mass is 16.5. The Morgan fingerprint density at radius 3 is 2.47 bits per heavy atom. The smallest absolute Gasteiger partial charge is 0.315 e. The molecule has 1 aromatic carbocycles. The van der Waals surface area contributed by atoms with Crippen molar-refractivity contribution < 1.29 is 14.3 Å². The lowest BCUT2D eigenvalue weighted by Gasteiger charge is -2.15. The summed E-state index contributed by atoms with van der Waals surface area (Å²) in [5, 5.41) is 5.56. The van der Waals surface area contributed by atoms with Crippen LogP contribution in [0.15, 0.2) is 24.3 Å². The Bertz CT molecular complexity index is 379. The Kier molecular flexibility index (Phi) is 6.57. The van der Waals surface area contributed by atoms with Gasteiger partial charge < -0.3 is 20.1 Å². The van der Waals surface area contributed by atoms with Gasteiger partial charge >= 0.3 is 6.03 Å². The molecule has 0 spiro atoms. The second kappa shape index (κ2) is 8.24. The van der Waals surface area contributed by atoms with E-state index in [1.54, 1.807) is 7.11 Å². The fourth-order valence-electron chi connectivity index (χ4n) is 1.45. The van der Waals surface area contributed by atoms with Crippen LogP contribution in [-0.4, -0.2) is 32.3 Å². The van der Waals surface area contributed by atoms with E-state index >= 15 is 0 Å². The molecule has 0 aliphatic heterocycles. The Morgan fingerprint density at radius 1 is 1.26 bits per heavy atom. The van der Waals surface area contributed by atoms with Crippen molar-refractivity contribution in [2.75, 3.05) is 20.3 Å². The maximum absolute atomic E-state index is 11.4. The van der Waals surface area contributed by atoms with Crippen LogP contribution < -0.4 is 20.1 Å². The third kappa shape index (κ3) is 5.99. The van der Waals surface area contributed by atoms with Crippen molar-refractivity contribution in [1.29, 1.82) is 0 Å². The zero-order valence-electron chi connectivity index (χ0n) is 11.7. The van der Waals surface area contributed by atoms with Gasteiger partial charge in [0, 0.05) is 6.54 Å². The molecule has 5 heteroatoms. The highest BCUT2D eigenvalue weighted by Crippen LogP contribution is 2.16. The van der Waals surface area contributed by atoms with E-state index in [0.717, 1.165) is 17.9 Å². The monoisotopic (exact) mass is 266 g/mol. The lowest BCUT2D eigenvalue weighted by Crippen LogP contribution is -2.43. The zero-order chi connectivity index (χ0) is 14.1. The summed E-state index contributed by atoms with van der Waals surface area (Å²) in [6.45, 7) is 5.01. The third-order valence-electron chi connectivity index (χ3n) is 2.47. The van der Waals surface area contributed by atoms with Gasteiger partial charge in [-0.05, 0) is 37.6 Å². The molecule has 0 aliphatic rings. The third-order valence-corrected chi connectivity index (χ3v) is 2.47. The average molecular weight is 266 g/mol. The number of rotatable bonds is 7. The van der Waals surface area contributed by atoms with Gasteiger partial charge in [0.1, 0.15) is 18.1 Å². The highest BCUT2D eigenvalue weighted by Gasteiger charge is 2.07. The van der Waals surface area contributed by atoms with Crippen LogP contribution in [0, 0.1) is 0 Å². The summed E-state index contributed by atoms with van der Waals surface area (Å²) >= 11 is 0. The molecule has 1 aromatic rings. The predicted molar refractivity (Wildman–Crippen MR) is 74.8 cm³/mol. The summed E-state index contributed by atoms with van der Waals surface area (Å²) in [5.74, 6) is 1.54.